The zero-order valence-electron chi connectivity index (χ0n) is 3.70. The first-order valence-electron chi connectivity index (χ1n) is 1.77. The predicted molar refractivity (Wildman–Crippen MR) is 32.9 cm³/mol. The average Bonchev–Trinajstić information content (AvgIpc) is 1.65. The number of hydrogen-bond donors (Lipinski definition) is 0. The van der Waals surface area contributed by atoms with E-state index in [-0.39, 0.29) is 0 Å². The van der Waals surface area contributed by atoms with E-state index in [1.165, 1.54) is 11.0 Å². The van der Waals surface area contributed by atoms with Gasteiger partial charge in [-0.2, -0.15) is 0 Å². The zero-order valence-corrected chi connectivity index (χ0v) is 5.27. The molecule has 0 atom stereocenters. The third kappa shape index (κ3) is 2.61. The van der Waals surface area contributed by atoms with Gasteiger partial charge in [-0.05, 0) is 33.0 Å². The Bertz CT molecular complexity index is 45.5. The molecular weight excluding hydrogens is 116 g/mol. The van der Waals surface area contributed by atoms with Crippen LogP contribution in [-0.2, 0) is 0 Å². The van der Waals surface area contributed by atoms with Crippen molar-refractivity contribution in [3.8, 4) is 0 Å². The number of hydrogen-bond acceptors (Lipinski definition) is 1. The van der Waals surface area contributed by atoms with Gasteiger partial charge in [0.2, 0.25) is 0 Å². The second-order valence-corrected chi connectivity index (χ2v) is 2.16. The van der Waals surface area contributed by atoms with Crippen LogP contribution in [0.15, 0.2) is 11.5 Å². The van der Waals surface area contributed by atoms with Crippen molar-refractivity contribution in [2.45, 2.75) is 13.3 Å². The summed E-state index contributed by atoms with van der Waals surface area (Å²) >= 11 is 0. The van der Waals surface area contributed by atoms with Crippen molar-refractivity contribution in [1.82, 2.24) is 0 Å². The minimum Gasteiger partial charge on any atom is -0.0883 e. The Kier molecular flexibility index (Phi) is 3.79. The van der Waals surface area contributed by atoms with E-state index in [1.807, 2.05) is 6.92 Å². The van der Waals surface area contributed by atoms with Crippen molar-refractivity contribution in [1.29, 1.82) is 0 Å². The third-order valence-electron chi connectivity index (χ3n) is 0.503. The molecule has 0 saturated heterocycles. The Morgan fingerprint density at radius 2 is 2.50 bits per heavy atom. The van der Waals surface area contributed by atoms with Crippen LogP contribution in [0.5, 0.6) is 0 Å². The molecular formula is C4H7ClS. The van der Waals surface area contributed by atoms with Crippen LogP contribution in [0, 0.1) is 0 Å². The van der Waals surface area contributed by atoms with Crippen LogP contribution in [0.3, 0.4) is 0 Å². The topological polar surface area (TPSA) is 0 Å². The van der Waals surface area contributed by atoms with Gasteiger partial charge >= 0.3 is 0 Å². The molecule has 0 saturated carbocycles. The molecule has 6 heavy (non-hydrogen) atoms. The van der Waals surface area contributed by atoms with E-state index in [9.17, 15) is 0 Å². The van der Waals surface area contributed by atoms with Crippen LogP contribution >= 0.6 is 21.7 Å². The van der Waals surface area contributed by atoms with E-state index >= 15 is 0 Å². The molecule has 0 aliphatic rings. The van der Waals surface area contributed by atoms with Crippen molar-refractivity contribution >= 4 is 21.7 Å². The van der Waals surface area contributed by atoms with E-state index in [0.717, 1.165) is 11.3 Å². The zero-order chi connectivity index (χ0) is 4.99. The molecule has 0 rings (SSSR count). The smallest absolute Gasteiger partial charge is 0.00660 e. The van der Waals surface area contributed by atoms with Gasteiger partial charge in [-0.15, -0.1) is 0 Å². The molecule has 0 fully saturated rings. The second kappa shape index (κ2) is 3.57. The Morgan fingerprint density at radius 1 is 2.00 bits per heavy atom. The molecule has 0 aromatic heterocycles. The molecule has 0 amide bonds. The molecule has 0 aromatic carbocycles. The maximum absolute atomic E-state index is 5.27. The van der Waals surface area contributed by atoms with Crippen LogP contribution < -0.4 is 0 Å². The van der Waals surface area contributed by atoms with Crippen molar-refractivity contribution < 1.29 is 0 Å². The number of allylic oxidation sites excluding steroid dienone is 1. The highest BCUT2D eigenvalue weighted by Crippen LogP contribution is 2.19. The fourth-order valence-corrected chi connectivity index (χ4v) is 0.491. The van der Waals surface area contributed by atoms with Crippen molar-refractivity contribution in [3.05, 3.63) is 11.5 Å². The summed E-state index contributed by atoms with van der Waals surface area (Å²) in [6.45, 7) is 5.65. The normalized spacial score (nSPS) is 8.33. The lowest BCUT2D eigenvalue weighted by atomic mass is 10.5. The summed E-state index contributed by atoms with van der Waals surface area (Å²) in [5.41, 5.74) is 0. The van der Waals surface area contributed by atoms with Gasteiger partial charge in [0.1, 0.15) is 0 Å². The van der Waals surface area contributed by atoms with E-state index in [1.54, 1.807) is 0 Å². The molecule has 0 radical (unpaired) electrons. The monoisotopic (exact) mass is 122 g/mol. The molecule has 0 bridgehead atoms. The van der Waals surface area contributed by atoms with Gasteiger partial charge in [-0.25, -0.2) is 0 Å². The summed E-state index contributed by atoms with van der Waals surface area (Å²) in [6, 6.07) is 0. The highest BCUT2D eigenvalue weighted by molar-refractivity contribution is 8.24. The lowest BCUT2D eigenvalue weighted by Gasteiger charge is -1.85. The Hall–Kier alpha value is 0.380. The summed E-state index contributed by atoms with van der Waals surface area (Å²) in [7, 11) is 6.47. The van der Waals surface area contributed by atoms with Crippen LogP contribution in [-0.4, -0.2) is 0 Å². The molecule has 36 valence electrons. The van der Waals surface area contributed by atoms with E-state index in [0.29, 0.717) is 0 Å². The third-order valence-corrected chi connectivity index (χ3v) is 1.66. The predicted octanol–water partition coefficient (Wildman–Crippen LogP) is 2.80. The van der Waals surface area contributed by atoms with Gasteiger partial charge in [0.05, 0.1) is 0 Å². The molecule has 0 nitrogen and oxygen atoms in total. The first-order valence-corrected chi connectivity index (χ1v) is 3.42. The lowest BCUT2D eigenvalue weighted by Crippen LogP contribution is -1.57. The fourth-order valence-electron chi connectivity index (χ4n) is 0.0546. The van der Waals surface area contributed by atoms with Crippen LogP contribution in [0.1, 0.15) is 13.3 Å². The molecule has 0 N–H and O–H groups in total. The van der Waals surface area contributed by atoms with Gasteiger partial charge in [0.25, 0.3) is 0 Å². The second-order valence-electron chi connectivity index (χ2n) is 0.969. The van der Waals surface area contributed by atoms with E-state index in [2.05, 4.69) is 6.58 Å². The Morgan fingerprint density at radius 3 is 2.50 bits per heavy atom. The molecule has 0 aromatic rings. The quantitative estimate of drug-likeness (QED) is 0.543. The van der Waals surface area contributed by atoms with Gasteiger partial charge in [0.15, 0.2) is 0 Å². The van der Waals surface area contributed by atoms with Crippen molar-refractivity contribution in [2.24, 2.45) is 0 Å². The molecule has 2 heteroatoms. The lowest BCUT2D eigenvalue weighted by molar-refractivity contribution is 1.21. The summed E-state index contributed by atoms with van der Waals surface area (Å²) in [6.07, 6.45) is 0.966. The summed E-state index contributed by atoms with van der Waals surface area (Å²) in [5, 5.41) is 0. The first kappa shape index (κ1) is 6.38. The highest BCUT2D eigenvalue weighted by Gasteiger charge is 1.81. The van der Waals surface area contributed by atoms with Gasteiger partial charge < -0.3 is 0 Å². The Balaban J connectivity index is 2.99. The van der Waals surface area contributed by atoms with Crippen molar-refractivity contribution in [2.75, 3.05) is 0 Å². The van der Waals surface area contributed by atoms with Crippen LogP contribution in [0.4, 0.5) is 0 Å². The van der Waals surface area contributed by atoms with Gasteiger partial charge in [-0.3, -0.25) is 0 Å². The maximum Gasteiger partial charge on any atom is -0.00660 e. The van der Waals surface area contributed by atoms with Crippen LogP contribution in [0.25, 0.3) is 0 Å². The standard InChI is InChI=1S/C4H7ClS/c1-3-4(2)6-5/h2-3H2,1H3. The molecule has 0 spiro atoms. The number of rotatable bonds is 2. The van der Waals surface area contributed by atoms with Gasteiger partial charge in [-0.1, -0.05) is 13.5 Å². The molecule has 0 unspecified atom stereocenters. The SMILES string of the molecule is C=C(CC)SCl. The minimum atomic E-state index is 0.966. The first-order chi connectivity index (χ1) is 2.81. The summed E-state index contributed by atoms with van der Waals surface area (Å²) < 4.78 is 0. The minimum absolute atomic E-state index is 0.966. The average molecular weight is 123 g/mol. The maximum atomic E-state index is 5.27. The van der Waals surface area contributed by atoms with Crippen LogP contribution in [0.2, 0.25) is 0 Å². The summed E-state index contributed by atoms with van der Waals surface area (Å²) in [4.78, 5) is 1.02. The summed E-state index contributed by atoms with van der Waals surface area (Å²) in [5.74, 6) is 0. The molecule has 0 aliphatic heterocycles. The van der Waals surface area contributed by atoms with Crippen molar-refractivity contribution in [3.63, 3.8) is 0 Å². The molecule has 0 aliphatic carbocycles. The van der Waals surface area contributed by atoms with Gasteiger partial charge in [0, 0.05) is 0 Å². The Labute approximate surface area is 47.1 Å². The van der Waals surface area contributed by atoms with E-state index < -0.39 is 0 Å². The van der Waals surface area contributed by atoms with E-state index in [4.69, 9.17) is 10.7 Å². The molecule has 0 heterocycles. The number of halogens is 1. The largest absolute Gasteiger partial charge is 0.0883 e. The highest BCUT2D eigenvalue weighted by atomic mass is 35.7. The fraction of sp³-hybridized carbons (Fsp3) is 0.500.